The molecule has 130 valence electrons. The third-order valence-corrected chi connectivity index (χ3v) is 4.01. The van der Waals surface area contributed by atoms with E-state index in [1.54, 1.807) is 31.3 Å². The van der Waals surface area contributed by atoms with Gasteiger partial charge in [0.25, 0.3) is 0 Å². The van der Waals surface area contributed by atoms with E-state index in [-0.39, 0.29) is 30.0 Å². The molecule has 24 heavy (non-hydrogen) atoms. The van der Waals surface area contributed by atoms with Crippen LogP contribution in [0.4, 0.5) is 0 Å². The van der Waals surface area contributed by atoms with Gasteiger partial charge in [0.05, 0.1) is 18.0 Å². The molecule has 2 rings (SSSR count). The summed E-state index contributed by atoms with van der Waals surface area (Å²) in [6, 6.07) is 5.25. The third kappa shape index (κ3) is 3.99. The molecule has 2 heterocycles. The Bertz CT molecular complexity index is 636. The Morgan fingerprint density at radius 1 is 1.38 bits per heavy atom. The van der Waals surface area contributed by atoms with Crippen molar-refractivity contribution in [2.24, 2.45) is 5.92 Å². The predicted octanol–water partition coefficient (Wildman–Crippen LogP) is 2.12. The average Bonchev–Trinajstić information content (AvgIpc) is 2.79. The molecular weight excluding hydrogens is 308 g/mol. The molecular formula is C18H24N2O4. The number of ether oxygens (including phenoxy) is 1. The molecule has 0 aromatic carbocycles. The summed E-state index contributed by atoms with van der Waals surface area (Å²) in [5.41, 5.74) is -1.19. The zero-order valence-electron chi connectivity index (χ0n) is 14.6. The highest BCUT2D eigenvalue weighted by Crippen LogP contribution is 2.33. The topological polar surface area (TPSA) is 85.4 Å². The van der Waals surface area contributed by atoms with Crippen LogP contribution in [0.15, 0.2) is 24.4 Å². The van der Waals surface area contributed by atoms with Crippen molar-refractivity contribution < 1.29 is 19.1 Å². The molecule has 1 aromatic rings. The SMILES string of the molecule is CC(CCC1(c2ccccn2)NC(=O)CC1=O)C(=O)OC(C)(C)C. The molecule has 6 heteroatoms. The van der Waals surface area contributed by atoms with Crippen LogP contribution in [0.1, 0.15) is 52.7 Å². The van der Waals surface area contributed by atoms with Gasteiger partial charge in [-0.15, -0.1) is 0 Å². The van der Waals surface area contributed by atoms with Crippen LogP contribution in [0.5, 0.6) is 0 Å². The molecule has 1 saturated heterocycles. The van der Waals surface area contributed by atoms with E-state index in [2.05, 4.69) is 10.3 Å². The quantitative estimate of drug-likeness (QED) is 0.659. The first-order valence-electron chi connectivity index (χ1n) is 8.13. The number of Topliss-reactive ketones (excluding diaryl/α,β-unsaturated/α-hetero) is 1. The highest BCUT2D eigenvalue weighted by atomic mass is 16.6. The van der Waals surface area contributed by atoms with Gasteiger partial charge in [0.2, 0.25) is 5.91 Å². The zero-order valence-corrected chi connectivity index (χ0v) is 14.6. The van der Waals surface area contributed by atoms with Crippen LogP contribution < -0.4 is 5.32 Å². The highest BCUT2D eigenvalue weighted by molar-refractivity contribution is 6.10. The maximum Gasteiger partial charge on any atom is 0.309 e. The molecule has 0 radical (unpaired) electrons. The smallest absolute Gasteiger partial charge is 0.309 e. The molecule has 1 aliphatic heterocycles. The van der Waals surface area contributed by atoms with Crippen molar-refractivity contribution in [2.45, 2.75) is 58.1 Å². The summed E-state index contributed by atoms with van der Waals surface area (Å²) < 4.78 is 5.37. The van der Waals surface area contributed by atoms with Gasteiger partial charge in [-0.1, -0.05) is 13.0 Å². The van der Waals surface area contributed by atoms with Crippen LogP contribution in [0.3, 0.4) is 0 Å². The van der Waals surface area contributed by atoms with E-state index in [0.29, 0.717) is 18.5 Å². The van der Waals surface area contributed by atoms with Crippen molar-refractivity contribution in [1.82, 2.24) is 10.3 Å². The molecule has 2 unspecified atom stereocenters. The fourth-order valence-electron chi connectivity index (χ4n) is 2.75. The maximum absolute atomic E-state index is 12.5. The second kappa shape index (κ2) is 6.71. The number of esters is 1. The standard InChI is InChI=1S/C18H24N2O4/c1-12(16(23)24-17(2,3)4)8-9-18(13-7-5-6-10-19-13)14(21)11-15(22)20-18/h5-7,10,12H,8-9,11H2,1-4H3,(H,20,22). The number of nitrogens with zero attached hydrogens (tertiary/aromatic N) is 1. The summed E-state index contributed by atoms with van der Waals surface area (Å²) in [5.74, 6) is -1.20. The second-order valence-electron chi connectivity index (χ2n) is 7.24. The minimum atomic E-state index is -1.14. The minimum absolute atomic E-state index is 0.155. The van der Waals surface area contributed by atoms with E-state index in [4.69, 9.17) is 4.74 Å². The van der Waals surface area contributed by atoms with Crippen molar-refractivity contribution >= 4 is 17.7 Å². The van der Waals surface area contributed by atoms with Gasteiger partial charge in [0, 0.05) is 6.20 Å². The van der Waals surface area contributed by atoms with Gasteiger partial charge in [-0.2, -0.15) is 0 Å². The van der Waals surface area contributed by atoms with Gasteiger partial charge < -0.3 is 10.1 Å². The number of ketones is 1. The van der Waals surface area contributed by atoms with E-state index >= 15 is 0 Å². The number of nitrogens with one attached hydrogen (secondary N) is 1. The van der Waals surface area contributed by atoms with Crippen LogP contribution in [0, 0.1) is 5.92 Å². The van der Waals surface area contributed by atoms with Gasteiger partial charge in [-0.3, -0.25) is 19.4 Å². The van der Waals surface area contributed by atoms with E-state index < -0.39 is 11.1 Å². The lowest BCUT2D eigenvalue weighted by atomic mass is 9.84. The lowest BCUT2D eigenvalue weighted by molar-refractivity contribution is -0.159. The van der Waals surface area contributed by atoms with Crippen molar-refractivity contribution in [2.75, 3.05) is 0 Å². The molecule has 1 aromatic heterocycles. The summed E-state index contributed by atoms with van der Waals surface area (Å²) in [6.07, 6.45) is 2.16. The van der Waals surface area contributed by atoms with Crippen LogP contribution in [0.2, 0.25) is 0 Å². The number of hydrogen-bond acceptors (Lipinski definition) is 5. The molecule has 0 spiro atoms. The van der Waals surface area contributed by atoms with Gasteiger partial charge in [-0.25, -0.2) is 0 Å². The molecule has 1 fully saturated rings. The van der Waals surface area contributed by atoms with Crippen molar-refractivity contribution in [3.8, 4) is 0 Å². The summed E-state index contributed by atoms with van der Waals surface area (Å²) in [4.78, 5) is 40.6. The number of hydrogen-bond donors (Lipinski definition) is 1. The monoisotopic (exact) mass is 332 g/mol. The molecule has 1 aliphatic rings. The lowest BCUT2D eigenvalue weighted by Crippen LogP contribution is -2.44. The Kier molecular flexibility index (Phi) is 5.06. The third-order valence-electron chi connectivity index (χ3n) is 4.01. The lowest BCUT2D eigenvalue weighted by Gasteiger charge is -2.28. The zero-order chi connectivity index (χ0) is 18.0. The molecule has 1 amide bonds. The average molecular weight is 332 g/mol. The van der Waals surface area contributed by atoms with Crippen molar-refractivity contribution in [1.29, 1.82) is 0 Å². The molecule has 0 saturated carbocycles. The number of rotatable bonds is 5. The Morgan fingerprint density at radius 3 is 2.58 bits per heavy atom. The number of carbonyl (C=O) groups is 3. The summed E-state index contributed by atoms with van der Waals surface area (Å²) in [6.45, 7) is 7.20. The first kappa shape index (κ1) is 18.1. The minimum Gasteiger partial charge on any atom is -0.460 e. The Hall–Kier alpha value is -2.24. The number of aromatic nitrogens is 1. The summed E-state index contributed by atoms with van der Waals surface area (Å²) in [7, 11) is 0. The van der Waals surface area contributed by atoms with Crippen LogP contribution in [0.25, 0.3) is 0 Å². The first-order valence-corrected chi connectivity index (χ1v) is 8.13. The van der Waals surface area contributed by atoms with E-state index in [1.165, 1.54) is 0 Å². The number of amides is 1. The summed E-state index contributed by atoms with van der Waals surface area (Å²) >= 11 is 0. The first-order chi connectivity index (χ1) is 11.1. The van der Waals surface area contributed by atoms with E-state index in [1.807, 2.05) is 20.8 Å². The van der Waals surface area contributed by atoms with Gasteiger partial charge in [0.1, 0.15) is 11.1 Å². The van der Waals surface area contributed by atoms with Crippen LogP contribution in [-0.4, -0.2) is 28.2 Å². The summed E-state index contributed by atoms with van der Waals surface area (Å²) in [5, 5.41) is 2.77. The molecule has 1 N–H and O–H groups in total. The molecule has 0 aliphatic carbocycles. The van der Waals surface area contributed by atoms with Crippen molar-refractivity contribution in [3.63, 3.8) is 0 Å². The fourth-order valence-corrected chi connectivity index (χ4v) is 2.75. The largest absolute Gasteiger partial charge is 0.460 e. The van der Waals surface area contributed by atoms with E-state index in [0.717, 1.165) is 0 Å². The maximum atomic E-state index is 12.5. The Balaban J connectivity index is 2.15. The highest BCUT2D eigenvalue weighted by Gasteiger charge is 2.48. The van der Waals surface area contributed by atoms with Crippen LogP contribution in [-0.2, 0) is 24.7 Å². The molecule has 0 bridgehead atoms. The van der Waals surface area contributed by atoms with Gasteiger partial charge in [-0.05, 0) is 45.7 Å². The van der Waals surface area contributed by atoms with Crippen LogP contribution >= 0.6 is 0 Å². The molecule has 2 atom stereocenters. The van der Waals surface area contributed by atoms with E-state index in [9.17, 15) is 14.4 Å². The fraction of sp³-hybridized carbons (Fsp3) is 0.556. The Labute approximate surface area is 142 Å². The predicted molar refractivity (Wildman–Crippen MR) is 87.9 cm³/mol. The second-order valence-corrected chi connectivity index (χ2v) is 7.24. The number of carbonyl (C=O) groups excluding carboxylic acids is 3. The molecule has 6 nitrogen and oxygen atoms in total. The normalized spacial score (nSPS) is 22.2. The Morgan fingerprint density at radius 2 is 2.08 bits per heavy atom. The van der Waals surface area contributed by atoms with Gasteiger partial charge >= 0.3 is 5.97 Å². The van der Waals surface area contributed by atoms with Gasteiger partial charge in [0.15, 0.2) is 5.78 Å². The van der Waals surface area contributed by atoms with Crippen molar-refractivity contribution in [3.05, 3.63) is 30.1 Å². The number of pyridine rings is 1.